The number of hydrogen-bond donors (Lipinski definition) is 1. The Morgan fingerprint density at radius 1 is 1.11 bits per heavy atom. The van der Waals surface area contributed by atoms with E-state index in [0.29, 0.717) is 6.07 Å². The minimum absolute atomic E-state index is 0.126. The number of aromatic nitrogens is 1. The lowest BCUT2D eigenvalue weighted by Crippen LogP contribution is -2.09. The second-order valence-corrected chi connectivity index (χ2v) is 4.04. The van der Waals surface area contributed by atoms with E-state index in [1.165, 1.54) is 0 Å². The zero-order valence-electron chi connectivity index (χ0n) is 9.87. The van der Waals surface area contributed by atoms with Gasteiger partial charge in [-0.2, -0.15) is 0 Å². The Bertz CT molecular complexity index is 613. The number of carboxylic acids is 1. The molecule has 0 amide bonds. The van der Waals surface area contributed by atoms with Crippen LogP contribution < -0.4 is 0 Å². The summed E-state index contributed by atoms with van der Waals surface area (Å²) in [4.78, 5) is 11.1. The van der Waals surface area contributed by atoms with Gasteiger partial charge < -0.3 is 9.67 Å². The van der Waals surface area contributed by atoms with Crippen molar-refractivity contribution in [2.24, 2.45) is 0 Å². The fraction of sp³-hybridized carbons (Fsp3) is 0.154. The Morgan fingerprint density at radius 3 is 2.11 bits per heavy atom. The molecule has 0 saturated heterocycles. The third-order valence-corrected chi connectivity index (χ3v) is 2.78. The van der Waals surface area contributed by atoms with Crippen molar-refractivity contribution in [3.8, 4) is 5.69 Å². The van der Waals surface area contributed by atoms with E-state index in [1.54, 1.807) is 30.5 Å². The SMILES string of the molecule is Cc1ccc(C)n1-c1cc(F)c(F)cc1C(=O)O. The Hall–Kier alpha value is -2.17. The van der Waals surface area contributed by atoms with Gasteiger partial charge in [0.1, 0.15) is 0 Å². The van der Waals surface area contributed by atoms with Gasteiger partial charge in [0.2, 0.25) is 0 Å². The molecule has 94 valence electrons. The van der Waals surface area contributed by atoms with Crippen LogP contribution in [0.2, 0.25) is 0 Å². The summed E-state index contributed by atoms with van der Waals surface area (Å²) >= 11 is 0. The number of halogens is 2. The van der Waals surface area contributed by atoms with Crippen molar-refractivity contribution in [1.29, 1.82) is 0 Å². The molecule has 5 heteroatoms. The fourth-order valence-electron chi connectivity index (χ4n) is 1.94. The van der Waals surface area contributed by atoms with Gasteiger partial charge in [-0.3, -0.25) is 0 Å². The third-order valence-electron chi connectivity index (χ3n) is 2.78. The summed E-state index contributed by atoms with van der Waals surface area (Å²) in [7, 11) is 0. The number of hydrogen-bond acceptors (Lipinski definition) is 1. The van der Waals surface area contributed by atoms with Crippen LogP contribution >= 0.6 is 0 Å². The lowest BCUT2D eigenvalue weighted by Gasteiger charge is -2.13. The zero-order valence-corrected chi connectivity index (χ0v) is 9.87. The predicted molar refractivity (Wildman–Crippen MR) is 62.1 cm³/mol. The molecule has 0 aliphatic carbocycles. The van der Waals surface area contributed by atoms with Gasteiger partial charge in [0.25, 0.3) is 0 Å². The van der Waals surface area contributed by atoms with Crippen LogP contribution in [0.3, 0.4) is 0 Å². The van der Waals surface area contributed by atoms with Crippen molar-refractivity contribution in [1.82, 2.24) is 4.57 Å². The van der Waals surface area contributed by atoms with Crippen molar-refractivity contribution in [2.75, 3.05) is 0 Å². The van der Waals surface area contributed by atoms with Gasteiger partial charge in [0.05, 0.1) is 11.3 Å². The first kappa shape index (κ1) is 12.3. The second kappa shape index (κ2) is 4.25. The molecule has 0 unspecified atom stereocenters. The third kappa shape index (κ3) is 1.88. The summed E-state index contributed by atoms with van der Waals surface area (Å²) in [5, 5.41) is 9.06. The molecular weight excluding hydrogens is 240 g/mol. The van der Waals surface area contributed by atoms with Crippen LogP contribution in [0.5, 0.6) is 0 Å². The maximum atomic E-state index is 13.3. The maximum Gasteiger partial charge on any atom is 0.337 e. The van der Waals surface area contributed by atoms with Gasteiger partial charge in [-0.15, -0.1) is 0 Å². The van der Waals surface area contributed by atoms with Crippen molar-refractivity contribution in [2.45, 2.75) is 13.8 Å². The molecule has 2 rings (SSSR count). The minimum atomic E-state index is -1.29. The number of aromatic carboxylic acids is 1. The number of rotatable bonds is 2. The number of carbonyl (C=O) groups is 1. The molecular formula is C13H11F2NO2. The van der Waals surface area contributed by atoms with E-state index < -0.39 is 17.6 Å². The average molecular weight is 251 g/mol. The zero-order chi connectivity index (χ0) is 13.4. The highest BCUT2D eigenvalue weighted by Gasteiger charge is 2.18. The highest BCUT2D eigenvalue weighted by atomic mass is 19.2. The van der Waals surface area contributed by atoms with Gasteiger partial charge in [0, 0.05) is 17.5 Å². The van der Waals surface area contributed by atoms with Crippen LogP contribution in [0.4, 0.5) is 8.78 Å². The number of benzene rings is 1. The van der Waals surface area contributed by atoms with Gasteiger partial charge in [-0.25, -0.2) is 13.6 Å². The molecule has 0 fully saturated rings. The lowest BCUT2D eigenvalue weighted by atomic mass is 10.1. The first-order valence-corrected chi connectivity index (χ1v) is 5.29. The Labute approximate surface area is 102 Å². The lowest BCUT2D eigenvalue weighted by molar-refractivity contribution is 0.0696. The Kier molecular flexibility index (Phi) is 2.90. The molecule has 1 N–H and O–H groups in total. The average Bonchev–Trinajstić information content (AvgIpc) is 2.62. The molecule has 2 aromatic rings. The normalized spacial score (nSPS) is 10.7. The highest BCUT2D eigenvalue weighted by Crippen LogP contribution is 2.23. The topological polar surface area (TPSA) is 42.2 Å². The summed E-state index contributed by atoms with van der Waals surface area (Å²) in [5.74, 6) is -3.53. The van der Waals surface area contributed by atoms with Crippen molar-refractivity contribution in [3.63, 3.8) is 0 Å². The second-order valence-electron chi connectivity index (χ2n) is 4.04. The standard InChI is InChI=1S/C13H11F2NO2/c1-7-3-4-8(2)16(7)12-6-11(15)10(14)5-9(12)13(17)18/h3-6H,1-2H3,(H,17,18). The molecule has 3 nitrogen and oxygen atoms in total. The molecule has 0 aliphatic heterocycles. The van der Waals surface area contributed by atoms with Crippen molar-refractivity contribution < 1.29 is 18.7 Å². The van der Waals surface area contributed by atoms with E-state index in [0.717, 1.165) is 17.5 Å². The van der Waals surface area contributed by atoms with E-state index >= 15 is 0 Å². The minimum Gasteiger partial charge on any atom is -0.478 e. The van der Waals surface area contributed by atoms with E-state index in [-0.39, 0.29) is 11.3 Å². The smallest absolute Gasteiger partial charge is 0.337 e. The number of aryl methyl sites for hydroxylation is 2. The van der Waals surface area contributed by atoms with Crippen molar-refractivity contribution >= 4 is 5.97 Å². The largest absolute Gasteiger partial charge is 0.478 e. The number of carboxylic acid groups (broad SMARTS) is 1. The quantitative estimate of drug-likeness (QED) is 0.891. The van der Waals surface area contributed by atoms with Crippen LogP contribution in [0.25, 0.3) is 5.69 Å². The molecule has 1 aromatic heterocycles. The molecule has 0 spiro atoms. The summed E-state index contributed by atoms with van der Waals surface area (Å²) in [6.07, 6.45) is 0. The first-order chi connectivity index (χ1) is 8.41. The Balaban J connectivity index is 2.78. The summed E-state index contributed by atoms with van der Waals surface area (Å²) in [6.45, 7) is 3.53. The summed E-state index contributed by atoms with van der Waals surface area (Å²) in [5.41, 5.74) is 1.36. The summed E-state index contributed by atoms with van der Waals surface area (Å²) < 4.78 is 28.0. The van der Waals surface area contributed by atoms with Gasteiger partial charge >= 0.3 is 5.97 Å². The van der Waals surface area contributed by atoms with Crippen molar-refractivity contribution in [3.05, 3.63) is 52.9 Å². The number of nitrogens with zero attached hydrogens (tertiary/aromatic N) is 1. The fourth-order valence-corrected chi connectivity index (χ4v) is 1.94. The molecule has 1 heterocycles. The maximum absolute atomic E-state index is 13.3. The summed E-state index contributed by atoms with van der Waals surface area (Å²) in [6, 6.07) is 5.16. The van der Waals surface area contributed by atoms with Crippen LogP contribution in [0.15, 0.2) is 24.3 Å². The molecule has 1 aromatic carbocycles. The van der Waals surface area contributed by atoms with E-state index in [9.17, 15) is 13.6 Å². The van der Waals surface area contributed by atoms with Crippen LogP contribution in [-0.4, -0.2) is 15.6 Å². The van der Waals surface area contributed by atoms with E-state index in [1.807, 2.05) is 0 Å². The molecule has 18 heavy (non-hydrogen) atoms. The van der Waals surface area contributed by atoms with Crippen LogP contribution in [0.1, 0.15) is 21.7 Å². The molecule has 0 aliphatic rings. The van der Waals surface area contributed by atoms with E-state index in [4.69, 9.17) is 5.11 Å². The molecule has 0 bridgehead atoms. The van der Waals surface area contributed by atoms with Crippen LogP contribution in [0, 0.1) is 25.5 Å². The van der Waals surface area contributed by atoms with Gasteiger partial charge in [-0.1, -0.05) is 0 Å². The highest BCUT2D eigenvalue weighted by molar-refractivity contribution is 5.92. The first-order valence-electron chi connectivity index (χ1n) is 5.29. The molecule has 0 radical (unpaired) electrons. The Morgan fingerprint density at radius 2 is 1.61 bits per heavy atom. The monoisotopic (exact) mass is 251 g/mol. The van der Waals surface area contributed by atoms with Crippen LogP contribution in [-0.2, 0) is 0 Å². The molecule has 0 atom stereocenters. The van der Waals surface area contributed by atoms with Gasteiger partial charge in [0.15, 0.2) is 11.6 Å². The molecule has 0 saturated carbocycles. The predicted octanol–water partition coefficient (Wildman–Crippen LogP) is 3.07. The van der Waals surface area contributed by atoms with E-state index in [2.05, 4.69) is 0 Å². The van der Waals surface area contributed by atoms with Gasteiger partial charge in [-0.05, 0) is 32.0 Å².